The zero-order chi connectivity index (χ0) is 24.9. The number of hydrogen-bond donors (Lipinski definition) is 1. The van der Waals surface area contributed by atoms with Gasteiger partial charge in [-0.05, 0) is 63.4 Å². The van der Waals surface area contributed by atoms with Crippen LogP contribution < -0.4 is 14.8 Å². The van der Waals surface area contributed by atoms with Crippen molar-refractivity contribution >= 4 is 15.9 Å². The van der Waals surface area contributed by atoms with Crippen molar-refractivity contribution < 1.29 is 22.7 Å². The molecule has 182 valence electrons. The van der Waals surface area contributed by atoms with E-state index in [9.17, 15) is 18.5 Å². The van der Waals surface area contributed by atoms with E-state index in [0.717, 1.165) is 5.56 Å². The molecule has 2 aromatic carbocycles. The summed E-state index contributed by atoms with van der Waals surface area (Å²) in [6, 6.07) is 13.4. The van der Waals surface area contributed by atoms with Crippen LogP contribution >= 0.6 is 0 Å². The van der Waals surface area contributed by atoms with Crippen molar-refractivity contribution in [1.29, 1.82) is 5.26 Å². The first-order chi connectivity index (χ1) is 16.2. The summed E-state index contributed by atoms with van der Waals surface area (Å²) in [6.07, 6.45) is 0.841. The molecule has 1 aliphatic rings. The van der Waals surface area contributed by atoms with Gasteiger partial charge in [-0.2, -0.15) is 9.57 Å². The van der Waals surface area contributed by atoms with Gasteiger partial charge in [0.1, 0.15) is 6.07 Å². The summed E-state index contributed by atoms with van der Waals surface area (Å²) in [6.45, 7) is 6.23. The maximum Gasteiger partial charge on any atom is 0.244 e. The molecule has 3 rings (SSSR count). The average molecular weight is 486 g/mol. The van der Waals surface area contributed by atoms with Gasteiger partial charge >= 0.3 is 0 Å². The van der Waals surface area contributed by atoms with Crippen molar-refractivity contribution in [2.45, 2.75) is 50.7 Å². The summed E-state index contributed by atoms with van der Waals surface area (Å²) in [7, 11) is -2.21. The quantitative estimate of drug-likeness (QED) is 0.612. The van der Waals surface area contributed by atoms with Crippen LogP contribution in [0.4, 0.5) is 0 Å². The molecule has 34 heavy (non-hydrogen) atoms. The van der Waals surface area contributed by atoms with Crippen molar-refractivity contribution in [2.24, 2.45) is 5.92 Å². The number of carbonyl (C=O) groups is 1. The van der Waals surface area contributed by atoms with Gasteiger partial charge in [0.2, 0.25) is 15.9 Å². The highest BCUT2D eigenvalue weighted by molar-refractivity contribution is 7.89. The number of ether oxygens (including phenoxy) is 2. The molecule has 1 amide bonds. The second-order valence-electron chi connectivity index (χ2n) is 8.59. The van der Waals surface area contributed by atoms with E-state index in [0.29, 0.717) is 24.3 Å². The highest BCUT2D eigenvalue weighted by Gasteiger charge is 2.33. The summed E-state index contributed by atoms with van der Waals surface area (Å²) in [4.78, 5) is 12.9. The monoisotopic (exact) mass is 485 g/mol. The van der Waals surface area contributed by atoms with Crippen LogP contribution in [0.2, 0.25) is 0 Å². The van der Waals surface area contributed by atoms with Crippen molar-refractivity contribution in [3.63, 3.8) is 0 Å². The van der Waals surface area contributed by atoms with E-state index < -0.39 is 10.0 Å². The SMILES string of the molecule is COc1cc(C(C)NC(=O)C2CCN(S(=O)(=O)c3ccccc3C#N)CC2)ccc1OC(C)C. The number of sulfonamides is 1. The molecule has 9 heteroatoms. The maximum absolute atomic E-state index is 13.0. The molecular formula is C25H31N3O5S. The molecule has 1 fully saturated rings. The Morgan fingerprint density at radius 2 is 1.79 bits per heavy atom. The summed E-state index contributed by atoms with van der Waals surface area (Å²) in [5.41, 5.74) is 1.01. The number of carbonyl (C=O) groups excluding carboxylic acids is 1. The van der Waals surface area contributed by atoms with Crippen LogP contribution in [0.15, 0.2) is 47.4 Å². The van der Waals surface area contributed by atoms with Crippen LogP contribution in [0.5, 0.6) is 11.5 Å². The van der Waals surface area contributed by atoms with E-state index in [1.807, 2.05) is 45.0 Å². The van der Waals surface area contributed by atoms with Crippen molar-refractivity contribution in [3.8, 4) is 17.6 Å². The number of hydrogen-bond acceptors (Lipinski definition) is 6. The molecule has 0 bridgehead atoms. The number of benzene rings is 2. The Morgan fingerprint density at radius 3 is 2.41 bits per heavy atom. The van der Waals surface area contributed by atoms with Crippen LogP contribution in [0.25, 0.3) is 0 Å². The first-order valence-corrected chi connectivity index (χ1v) is 12.8. The third-order valence-electron chi connectivity index (χ3n) is 5.86. The molecule has 8 nitrogen and oxygen atoms in total. The largest absolute Gasteiger partial charge is 0.493 e. The Hall–Kier alpha value is -3.09. The second kappa shape index (κ2) is 10.9. The van der Waals surface area contributed by atoms with Crippen LogP contribution in [0, 0.1) is 17.2 Å². The van der Waals surface area contributed by atoms with Crippen LogP contribution in [-0.4, -0.2) is 44.9 Å². The van der Waals surface area contributed by atoms with E-state index in [2.05, 4.69) is 5.32 Å². The van der Waals surface area contributed by atoms with E-state index >= 15 is 0 Å². The Labute approximate surface area is 201 Å². The molecule has 1 N–H and O–H groups in total. The lowest BCUT2D eigenvalue weighted by Gasteiger charge is -2.31. The average Bonchev–Trinajstić information content (AvgIpc) is 2.83. The van der Waals surface area contributed by atoms with Crippen molar-refractivity contribution in [1.82, 2.24) is 9.62 Å². The molecule has 1 heterocycles. The molecule has 0 radical (unpaired) electrons. The summed E-state index contributed by atoms with van der Waals surface area (Å²) in [5, 5.41) is 12.3. The zero-order valence-electron chi connectivity index (χ0n) is 19.9. The highest BCUT2D eigenvalue weighted by atomic mass is 32.2. The topological polar surface area (TPSA) is 109 Å². The molecule has 0 aliphatic carbocycles. The predicted molar refractivity (Wildman–Crippen MR) is 128 cm³/mol. The number of piperidine rings is 1. The molecule has 1 unspecified atom stereocenters. The predicted octanol–water partition coefficient (Wildman–Crippen LogP) is 3.63. The number of nitrogens with one attached hydrogen (secondary N) is 1. The van der Waals surface area contributed by atoms with E-state index in [4.69, 9.17) is 9.47 Å². The van der Waals surface area contributed by atoms with Gasteiger partial charge in [0.05, 0.1) is 29.7 Å². The molecule has 1 saturated heterocycles. The normalized spacial score (nSPS) is 16.0. The fourth-order valence-electron chi connectivity index (χ4n) is 4.00. The zero-order valence-corrected chi connectivity index (χ0v) is 20.8. The highest BCUT2D eigenvalue weighted by Crippen LogP contribution is 2.32. The maximum atomic E-state index is 13.0. The van der Waals surface area contributed by atoms with Crippen molar-refractivity contribution in [3.05, 3.63) is 53.6 Å². The second-order valence-corrected chi connectivity index (χ2v) is 10.5. The number of nitrogens with zero attached hydrogens (tertiary/aromatic N) is 2. The summed E-state index contributed by atoms with van der Waals surface area (Å²) >= 11 is 0. The Bertz CT molecular complexity index is 1170. The van der Waals surface area contributed by atoms with Gasteiger partial charge < -0.3 is 14.8 Å². The van der Waals surface area contributed by atoms with Gasteiger partial charge in [0.15, 0.2) is 11.5 Å². The third kappa shape index (κ3) is 5.69. The van der Waals surface area contributed by atoms with Crippen LogP contribution in [0.1, 0.15) is 50.8 Å². The fourth-order valence-corrected chi connectivity index (χ4v) is 5.61. The smallest absolute Gasteiger partial charge is 0.244 e. The molecule has 2 aromatic rings. The summed E-state index contributed by atoms with van der Waals surface area (Å²) in [5.74, 6) is 0.851. The number of methoxy groups -OCH3 is 1. The molecule has 0 aromatic heterocycles. The van der Waals surface area contributed by atoms with E-state index in [1.54, 1.807) is 19.2 Å². The van der Waals surface area contributed by atoms with E-state index in [1.165, 1.54) is 16.4 Å². The molecule has 1 aliphatic heterocycles. The van der Waals surface area contributed by atoms with Gasteiger partial charge in [0, 0.05) is 19.0 Å². The molecular weight excluding hydrogens is 454 g/mol. The van der Waals surface area contributed by atoms with Gasteiger partial charge in [-0.1, -0.05) is 18.2 Å². The Balaban J connectivity index is 1.62. The molecule has 0 saturated carbocycles. The Morgan fingerprint density at radius 1 is 1.12 bits per heavy atom. The number of nitriles is 1. The molecule has 1 atom stereocenters. The first kappa shape index (κ1) is 25.5. The minimum absolute atomic E-state index is 0.00728. The van der Waals surface area contributed by atoms with Crippen LogP contribution in [0.3, 0.4) is 0 Å². The van der Waals surface area contributed by atoms with E-state index in [-0.39, 0.29) is 47.5 Å². The lowest BCUT2D eigenvalue weighted by Crippen LogP contribution is -2.43. The fraction of sp³-hybridized carbons (Fsp3) is 0.440. The molecule has 0 spiro atoms. The lowest BCUT2D eigenvalue weighted by atomic mass is 9.96. The van der Waals surface area contributed by atoms with Gasteiger partial charge in [0.25, 0.3) is 0 Å². The minimum atomic E-state index is -3.79. The third-order valence-corrected chi connectivity index (χ3v) is 7.82. The van der Waals surface area contributed by atoms with Gasteiger partial charge in [-0.3, -0.25) is 4.79 Å². The van der Waals surface area contributed by atoms with Crippen molar-refractivity contribution in [2.75, 3.05) is 20.2 Å². The van der Waals surface area contributed by atoms with Gasteiger partial charge in [-0.15, -0.1) is 0 Å². The van der Waals surface area contributed by atoms with Crippen LogP contribution in [-0.2, 0) is 14.8 Å². The summed E-state index contributed by atoms with van der Waals surface area (Å²) < 4.78 is 38.6. The first-order valence-electron chi connectivity index (χ1n) is 11.3. The minimum Gasteiger partial charge on any atom is -0.493 e. The standard InChI is InChI=1S/C25H31N3O5S/c1-17(2)33-22-10-9-20(15-23(22)32-4)18(3)27-25(29)19-11-13-28(14-12-19)34(30,31)24-8-6-5-7-21(24)16-26/h5-10,15,17-19H,11-14H2,1-4H3,(H,27,29). The Kier molecular flexibility index (Phi) is 8.18. The number of rotatable bonds is 8. The number of amides is 1. The lowest BCUT2D eigenvalue weighted by molar-refractivity contribution is -0.126. The van der Waals surface area contributed by atoms with Gasteiger partial charge in [-0.25, -0.2) is 8.42 Å².